The summed E-state index contributed by atoms with van der Waals surface area (Å²) in [6, 6.07) is 0. The molecule has 1 aliphatic heterocycles. The molecule has 130 valence electrons. The molecule has 0 saturated carbocycles. The quantitative estimate of drug-likeness (QED) is 0.681. The SMILES string of the molecule is CN=C(NCc1nc(C)c(C)s1)N1CCC(Cc2cnn(C)c2)C1. The maximum atomic E-state index is 4.59. The van der Waals surface area contributed by atoms with Gasteiger partial charge in [0.05, 0.1) is 18.4 Å². The Kier molecular flexibility index (Phi) is 5.18. The van der Waals surface area contributed by atoms with Crippen LogP contribution in [0.3, 0.4) is 0 Å². The number of hydrogen-bond acceptors (Lipinski definition) is 4. The zero-order chi connectivity index (χ0) is 17.1. The minimum absolute atomic E-state index is 0.664. The van der Waals surface area contributed by atoms with Gasteiger partial charge in [-0.15, -0.1) is 11.3 Å². The van der Waals surface area contributed by atoms with Crippen LogP contribution >= 0.6 is 11.3 Å². The summed E-state index contributed by atoms with van der Waals surface area (Å²) < 4.78 is 1.88. The van der Waals surface area contributed by atoms with Crippen LogP contribution in [0.2, 0.25) is 0 Å². The fourth-order valence-electron chi connectivity index (χ4n) is 3.20. The molecule has 2 aromatic heterocycles. The fourth-order valence-corrected chi connectivity index (χ4v) is 4.08. The van der Waals surface area contributed by atoms with Crippen molar-refractivity contribution in [2.75, 3.05) is 20.1 Å². The van der Waals surface area contributed by atoms with E-state index in [2.05, 4.69) is 45.3 Å². The van der Waals surface area contributed by atoms with Crippen LogP contribution in [0, 0.1) is 19.8 Å². The molecule has 0 aliphatic carbocycles. The van der Waals surface area contributed by atoms with Gasteiger partial charge in [-0.3, -0.25) is 9.67 Å². The first-order valence-corrected chi connectivity index (χ1v) is 9.23. The highest BCUT2D eigenvalue weighted by Gasteiger charge is 2.25. The molecule has 1 aliphatic rings. The first-order valence-electron chi connectivity index (χ1n) is 8.41. The van der Waals surface area contributed by atoms with Crippen LogP contribution in [-0.2, 0) is 20.0 Å². The second-order valence-electron chi connectivity index (χ2n) is 6.48. The van der Waals surface area contributed by atoms with Crippen molar-refractivity contribution >= 4 is 17.3 Å². The number of guanidine groups is 1. The van der Waals surface area contributed by atoms with Crippen LogP contribution in [0.4, 0.5) is 0 Å². The van der Waals surface area contributed by atoms with E-state index >= 15 is 0 Å². The number of aliphatic imine (C=N–C) groups is 1. The molecule has 1 fully saturated rings. The summed E-state index contributed by atoms with van der Waals surface area (Å²) in [5.41, 5.74) is 2.45. The van der Waals surface area contributed by atoms with Crippen LogP contribution in [0.15, 0.2) is 17.4 Å². The molecule has 0 bridgehead atoms. The first kappa shape index (κ1) is 17.0. The third kappa shape index (κ3) is 3.95. The molecule has 2 aromatic rings. The third-order valence-electron chi connectivity index (χ3n) is 4.55. The van der Waals surface area contributed by atoms with E-state index in [1.165, 1.54) is 16.9 Å². The Bertz CT molecular complexity index is 697. The average molecular weight is 347 g/mol. The molecule has 3 rings (SSSR count). The summed E-state index contributed by atoms with van der Waals surface area (Å²) in [5, 5.41) is 8.85. The standard InChI is InChI=1S/C17H26N6S/c1-12-13(2)24-16(21-12)9-19-17(18-3)23-6-5-14(11-23)7-15-8-20-22(4)10-15/h8,10,14H,5-7,9,11H2,1-4H3,(H,18,19). The monoisotopic (exact) mass is 346 g/mol. The van der Waals surface area contributed by atoms with Crippen LogP contribution in [0.25, 0.3) is 0 Å². The molecule has 0 radical (unpaired) electrons. The second-order valence-corrected chi connectivity index (χ2v) is 7.76. The molecule has 6 nitrogen and oxygen atoms in total. The highest BCUT2D eigenvalue weighted by molar-refractivity contribution is 7.11. The Balaban J connectivity index is 1.53. The van der Waals surface area contributed by atoms with E-state index < -0.39 is 0 Å². The molecular weight excluding hydrogens is 320 g/mol. The van der Waals surface area contributed by atoms with Crippen molar-refractivity contribution in [3.8, 4) is 0 Å². The van der Waals surface area contributed by atoms with Gasteiger partial charge in [0.25, 0.3) is 0 Å². The van der Waals surface area contributed by atoms with Gasteiger partial charge in [0, 0.05) is 38.3 Å². The van der Waals surface area contributed by atoms with Crippen molar-refractivity contribution in [3.63, 3.8) is 0 Å². The molecule has 24 heavy (non-hydrogen) atoms. The Morgan fingerprint density at radius 2 is 2.29 bits per heavy atom. The molecular formula is C17H26N6S. The summed E-state index contributed by atoms with van der Waals surface area (Å²) in [7, 11) is 3.83. The molecule has 1 atom stereocenters. The summed E-state index contributed by atoms with van der Waals surface area (Å²) in [6.45, 7) is 7.03. The lowest BCUT2D eigenvalue weighted by Gasteiger charge is -2.21. The van der Waals surface area contributed by atoms with Gasteiger partial charge in [-0.25, -0.2) is 4.98 Å². The molecule has 0 aromatic carbocycles. The minimum atomic E-state index is 0.664. The number of likely N-dealkylation sites (tertiary alicyclic amines) is 1. The van der Waals surface area contributed by atoms with E-state index in [0.29, 0.717) is 5.92 Å². The molecule has 1 N–H and O–H groups in total. The lowest BCUT2D eigenvalue weighted by molar-refractivity contribution is 0.459. The molecule has 1 saturated heterocycles. The number of aryl methyl sites for hydroxylation is 3. The van der Waals surface area contributed by atoms with E-state index in [9.17, 15) is 0 Å². The Morgan fingerprint density at radius 1 is 1.46 bits per heavy atom. The van der Waals surface area contributed by atoms with E-state index in [0.717, 1.165) is 42.7 Å². The second kappa shape index (κ2) is 7.34. The Hall–Kier alpha value is -1.89. The van der Waals surface area contributed by atoms with Gasteiger partial charge >= 0.3 is 0 Å². The zero-order valence-corrected chi connectivity index (χ0v) is 15.7. The summed E-state index contributed by atoms with van der Waals surface area (Å²) in [4.78, 5) is 12.7. The van der Waals surface area contributed by atoms with Gasteiger partial charge < -0.3 is 10.2 Å². The van der Waals surface area contributed by atoms with E-state index in [1.54, 1.807) is 11.3 Å². The smallest absolute Gasteiger partial charge is 0.194 e. The highest BCUT2D eigenvalue weighted by Crippen LogP contribution is 2.21. The Labute approximate surface area is 147 Å². The van der Waals surface area contributed by atoms with Gasteiger partial charge in [-0.1, -0.05) is 0 Å². The van der Waals surface area contributed by atoms with Crippen LogP contribution in [0.5, 0.6) is 0 Å². The highest BCUT2D eigenvalue weighted by atomic mass is 32.1. The Morgan fingerprint density at radius 3 is 2.92 bits per heavy atom. The maximum Gasteiger partial charge on any atom is 0.194 e. The zero-order valence-electron chi connectivity index (χ0n) is 14.9. The lowest BCUT2D eigenvalue weighted by Crippen LogP contribution is -2.39. The fraction of sp³-hybridized carbons (Fsp3) is 0.588. The van der Waals surface area contributed by atoms with Gasteiger partial charge in [0.15, 0.2) is 5.96 Å². The van der Waals surface area contributed by atoms with Crippen LogP contribution in [-0.4, -0.2) is 45.8 Å². The van der Waals surface area contributed by atoms with E-state index in [1.807, 2.05) is 25.0 Å². The van der Waals surface area contributed by atoms with Crippen molar-refractivity contribution in [2.24, 2.45) is 18.0 Å². The lowest BCUT2D eigenvalue weighted by atomic mass is 10.0. The van der Waals surface area contributed by atoms with Gasteiger partial charge in [0.2, 0.25) is 0 Å². The minimum Gasteiger partial charge on any atom is -0.350 e. The number of thiazole rings is 1. The number of hydrogen-bond donors (Lipinski definition) is 1. The average Bonchev–Trinajstić information content (AvgIpc) is 3.24. The first-order chi connectivity index (χ1) is 11.5. The van der Waals surface area contributed by atoms with Crippen molar-refractivity contribution in [1.82, 2.24) is 25.0 Å². The molecule has 0 spiro atoms. The van der Waals surface area contributed by atoms with Gasteiger partial charge in [-0.2, -0.15) is 5.10 Å². The summed E-state index contributed by atoms with van der Waals surface area (Å²) in [6.07, 6.45) is 6.38. The van der Waals surface area contributed by atoms with Crippen molar-refractivity contribution < 1.29 is 0 Å². The molecule has 1 unspecified atom stereocenters. The largest absolute Gasteiger partial charge is 0.350 e. The maximum absolute atomic E-state index is 4.59. The van der Waals surface area contributed by atoms with Crippen molar-refractivity contribution in [1.29, 1.82) is 0 Å². The van der Waals surface area contributed by atoms with Crippen molar-refractivity contribution in [3.05, 3.63) is 33.5 Å². The molecule has 3 heterocycles. The topological polar surface area (TPSA) is 58.3 Å². The third-order valence-corrected chi connectivity index (χ3v) is 5.62. The van der Waals surface area contributed by atoms with Crippen LogP contribution < -0.4 is 5.32 Å². The number of rotatable bonds is 4. The normalized spacial score (nSPS) is 18.4. The van der Waals surface area contributed by atoms with Crippen LogP contribution in [0.1, 0.15) is 27.6 Å². The number of nitrogens with zero attached hydrogens (tertiary/aromatic N) is 5. The van der Waals surface area contributed by atoms with Gasteiger partial charge in [-0.05, 0) is 38.2 Å². The number of nitrogens with one attached hydrogen (secondary N) is 1. The van der Waals surface area contributed by atoms with Crippen molar-refractivity contribution in [2.45, 2.75) is 33.2 Å². The van der Waals surface area contributed by atoms with E-state index in [4.69, 9.17) is 0 Å². The molecule has 7 heteroatoms. The number of aromatic nitrogens is 3. The summed E-state index contributed by atoms with van der Waals surface area (Å²) >= 11 is 1.76. The van der Waals surface area contributed by atoms with Gasteiger partial charge in [0.1, 0.15) is 5.01 Å². The summed E-state index contributed by atoms with van der Waals surface area (Å²) in [5.74, 6) is 1.64. The predicted molar refractivity (Wildman–Crippen MR) is 98.4 cm³/mol. The predicted octanol–water partition coefficient (Wildman–Crippen LogP) is 2.13. The van der Waals surface area contributed by atoms with E-state index in [-0.39, 0.29) is 0 Å². The molecule has 0 amide bonds.